The van der Waals surface area contributed by atoms with Crippen molar-refractivity contribution in [3.8, 4) is 0 Å². The molecule has 3 atom stereocenters. The number of esters is 1. The maximum Gasteiger partial charge on any atom is 0.408 e. The minimum absolute atomic E-state index is 0.211. The zero-order valence-corrected chi connectivity index (χ0v) is 21.6. The fourth-order valence-corrected chi connectivity index (χ4v) is 4.90. The quantitative estimate of drug-likeness (QED) is 0.515. The molecule has 2 aliphatic rings. The topological polar surface area (TPSA) is 114 Å². The predicted molar refractivity (Wildman–Crippen MR) is 128 cm³/mol. The third-order valence-electron chi connectivity index (χ3n) is 6.56. The number of likely N-dealkylation sites (tertiary alicyclic amines) is 1. The third-order valence-corrected chi connectivity index (χ3v) is 6.56. The molecule has 0 unspecified atom stereocenters. The SMILES string of the molecule is CCOC(=O)[C@@H]1C[C@@H](C2CCCCC2)CN1C(=O)CNC(=O)[C@@H](NC(=O)OC(C)(C)C)C(C)C. The number of hydrogen-bond donors (Lipinski definition) is 2. The molecule has 9 nitrogen and oxygen atoms in total. The van der Waals surface area contributed by atoms with E-state index in [9.17, 15) is 19.2 Å². The van der Waals surface area contributed by atoms with Crippen molar-refractivity contribution in [2.45, 2.75) is 97.8 Å². The van der Waals surface area contributed by atoms with Gasteiger partial charge in [-0.15, -0.1) is 0 Å². The molecule has 1 heterocycles. The molecule has 0 spiro atoms. The Bertz CT molecular complexity index is 727. The van der Waals surface area contributed by atoms with Crippen LogP contribution in [-0.4, -0.2) is 66.2 Å². The number of amides is 3. The summed E-state index contributed by atoms with van der Waals surface area (Å²) >= 11 is 0. The summed E-state index contributed by atoms with van der Waals surface area (Å²) in [6.07, 6.45) is 5.81. The van der Waals surface area contributed by atoms with Gasteiger partial charge in [-0.25, -0.2) is 9.59 Å². The molecule has 0 aromatic heterocycles. The van der Waals surface area contributed by atoms with Crippen molar-refractivity contribution >= 4 is 23.9 Å². The van der Waals surface area contributed by atoms with Crippen LogP contribution in [0.1, 0.15) is 80.1 Å². The predicted octanol–water partition coefficient (Wildman–Crippen LogP) is 3.01. The van der Waals surface area contributed by atoms with Gasteiger partial charge < -0.3 is 25.0 Å². The Morgan fingerprint density at radius 2 is 1.68 bits per heavy atom. The summed E-state index contributed by atoms with van der Waals surface area (Å²) in [6.45, 7) is 11.1. The summed E-state index contributed by atoms with van der Waals surface area (Å²) in [5, 5.41) is 5.23. The Morgan fingerprint density at radius 1 is 1.03 bits per heavy atom. The first-order valence-electron chi connectivity index (χ1n) is 12.7. The van der Waals surface area contributed by atoms with Gasteiger partial charge in [-0.1, -0.05) is 46.0 Å². The van der Waals surface area contributed by atoms with E-state index in [4.69, 9.17) is 9.47 Å². The van der Waals surface area contributed by atoms with Gasteiger partial charge in [-0.2, -0.15) is 0 Å². The minimum Gasteiger partial charge on any atom is -0.464 e. The molecule has 34 heavy (non-hydrogen) atoms. The lowest BCUT2D eigenvalue weighted by Gasteiger charge is -2.27. The summed E-state index contributed by atoms with van der Waals surface area (Å²) in [5.41, 5.74) is -0.690. The highest BCUT2D eigenvalue weighted by atomic mass is 16.6. The Hall–Kier alpha value is -2.32. The molecule has 0 radical (unpaired) electrons. The largest absolute Gasteiger partial charge is 0.464 e. The van der Waals surface area contributed by atoms with Crippen LogP contribution < -0.4 is 10.6 Å². The summed E-state index contributed by atoms with van der Waals surface area (Å²) in [7, 11) is 0. The van der Waals surface area contributed by atoms with E-state index < -0.39 is 29.7 Å². The zero-order valence-electron chi connectivity index (χ0n) is 21.6. The van der Waals surface area contributed by atoms with Crippen LogP contribution in [0.25, 0.3) is 0 Å². The first-order chi connectivity index (χ1) is 15.9. The highest BCUT2D eigenvalue weighted by Crippen LogP contribution is 2.37. The Kier molecular flexibility index (Phi) is 10.2. The number of rotatable bonds is 8. The van der Waals surface area contributed by atoms with Crippen molar-refractivity contribution in [2.75, 3.05) is 19.7 Å². The molecular formula is C25H43N3O6. The molecule has 0 aromatic carbocycles. The molecule has 0 bridgehead atoms. The molecule has 194 valence electrons. The van der Waals surface area contributed by atoms with Gasteiger partial charge in [0.1, 0.15) is 17.7 Å². The highest BCUT2D eigenvalue weighted by molar-refractivity contribution is 5.91. The molecular weight excluding hydrogens is 438 g/mol. The molecule has 9 heteroatoms. The van der Waals surface area contributed by atoms with Crippen LogP contribution in [0.5, 0.6) is 0 Å². The number of nitrogens with zero attached hydrogens (tertiary/aromatic N) is 1. The average molecular weight is 482 g/mol. The van der Waals surface area contributed by atoms with Crippen LogP contribution >= 0.6 is 0 Å². The van der Waals surface area contributed by atoms with Gasteiger partial charge in [0.05, 0.1) is 13.2 Å². The molecule has 3 amide bonds. The van der Waals surface area contributed by atoms with Crippen LogP contribution in [0.15, 0.2) is 0 Å². The van der Waals surface area contributed by atoms with Crippen molar-refractivity contribution in [3.63, 3.8) is 0 Å². The van der Waals surface area contributed by atoms with Crippen molar-refractivity contribution in [2.24, 2.45) is 17.8 Å². The molecule has 2 fully saturated rings. The Morgan fingerprint density at radius 3 is 2.24 bits per heavy atom. The Balaban J connectivity index is 2.00. The maximum atomic E-state index is 13.1. The van der Waals surface area contributed by atoms with E-state index in [-0.39, 0.29) is 36.9 Å². The van der Waals surface area contributed by atoms with Crippen molar-refractivity contribution in [3.05, 3.63) is 0 Å². The van der Waals surface area contributed by atoms with Crippen LogP contribution in [0.3, 0.4) is 0 Å². The lowest BCUT2D eigenvalue weighted by atomic mass is 9.79. The summed E-state index contributed by atoms with van der Waals surface area (Å²) < 4.78 is 10.5. The van der Waals surface area contributed by atoms with Gasteiger partial charge >= 0.3 is 12.1 Å². The molecule has 1 aliphatic carbocycles. The lowest BCUT2D eigenvalue weighted by molar-refractivity contribution is -0.152. The second-order valence-electron chi connectivity index (χ2n) is 10.8. The lowest BCUT2D eigenvalue weighted by Crippen LogP contribution is -2.53. The van der Waals surface area contributed by atoms with E-state index in [1.807, 2.05) is 0 Å². The van der Waals surface area contributed by atoms with E-state index in [1.165, 1.54) is 19.3 Å². The van der Waals surface area contributed by atoms with Crippen LogP contribution in [0, 0.1) is 17.8 Å². The molecule has 1 aliphatic heterocycles. The van der Waals surface area contributed by atoms with Gasteiger partial charge in [0.2, 0.25) is 11.8 Å². The average Bonchev–Trinajstić information content (AvgIpc) is 3.21. The molecule has 0 aromatic rings. The normalized spacial score (nSPS) is 22.3. The number of alkyl carbamates (subject to hydrolysis) is 1. The third kappa shape index (κ3) is 8.17. The van der Waals surface area contributed by atoms with E-state index >= 15 is 0 Å². The molecule has 1 saturated heterocycles. The van der Waals surface area contributed by atoms with Gasteiger partial charge in [0, 0.05) is 6.54 Å². The first kappa shape index (κ1) is 27.9. The number of carbonyl (C=O) groups is 4. The smallest absolute Gasteiger partial charge is 0.408 e. The van der Waals surface area contributed by atoms with E-state index in [0.29, 0.717) is 18.9 Å². The molecule has 2 rings (SSSR count). The van der Waals surface area contributed by atoms with Gasteiger partial charge in [0.15, 0.2) is 0 Å². The number of ether oxygens (including phenoxy) is 2. The standard InChI is InChI=1S/C25H43N3O6/c1-7-33-23(31)19-13-18(17-11-9-8-10-12-17)15-28(19)20(29)14-26-22(30)21(16(2)3)27-24(32)34-25(4,5)6/h16-19,21H,7-15H2,1-6H3,(H,26,30)(H,27,32)/t18-,19+,21+/m1/s1. The second kappa shape index (κ2) is 12.4. The van der Waals surface area contributed by atoms with Crippen LogP contribution in [0.4, 0.5) is 4.79 Å². The van der Waals surface area contributed by atoms with Gasteiger partial charge in [-0.05, 0) is 51.9 Å². The number of nitrogens with one attached hydrogen (secondary N) is 2. The number of carbonyl (C=O) groups excluding carboxylic acids is 4. The van der Waals surface area contributed by atoms with Crippen molar-refractivity contribution in [1.82, 2.24) is 15.5 Å². The molecule has 1 saturated carbocycles. The summed E-state index contributed by atoms with van der Waals surface area (Å²) in [5.74, 6) is -0.591. The van der Waals surface area contributed by atoms with Crippen LogP contribution in [-0.2, 0) is 23.9 Å². The number of hydrogen-bond acceptors (Lipinski definition) is 6. The van der Waals surface area contributed by atoms with Crippen LogP contribution in [0.2, 0.25) is 0 Å². The minimum atomic E-state index is -0.850. The first-order valence-corrected chi connectivity index (χ1v) is 12.7. The van der Waals surface area contributed by atoms with E-state index in [0.717, 1.165) is 12.8 Å². The monoisotopic (exact) mass is 481 g/mol. The van der Waals surface area contributed by atoms with E-state index in [1.54, 1.807) is 46.4 Å². The maximum absolute atomic E-state index is 13.1. The Labute approximate surface area is 203 Å². The highest BCUT2D eigenvalue weighted by Gasteiger charge is 2.43. The van der Waals surface area contributed by atoms with E-state index in [2.05, 4.69) is 10.6 Å². The van der Waals surface area contributed by atoms with Crippen molar-refractivity contribution < 1.29 is 28.7 Å². The fraction of sp³-hybridized carbons (Fsp3) is 0.840. The fourth-order valence-electron chi connectivity index (χ4n) is 4.90. The van der Waals surface area contributed by atoms with Crippen molar-refractivity contribution in [1.29, 1.82) is 0 Å². The molecule has 2 N–H and O–H groups in total. The second-order valence-corrected chi connectivity index (χ2v) is 10.8. The zero-order chi connectivity index (χ0) is 25.5. The summed E-state index contributed by atoms with van der Waals surface area (Å²) in [4.78, 5) is 52.2. The van der Waals surface area contributed by atoms with Gasteiger partial charge in [-0.3, -0.25) is 9.59 Å². The summed E-state index contributed by atoms with van der Waals surface area (Å²) in [6, 6.07) is -1.46. The van der Waals surface area contributed by atoms with Gasteiger partial charge in [0.25, 0.3) is 0 Å².